The third kappa shape index (κ3) is 3.22. The van der Waals surface area contributed by atoms with Gasteiger partial charge in [0.25, 0.3) is 5.56 Å². The lowest BCUT2D eigenvalue weighted by atomic mass is 9.80. The zero-order valence-electron chi connectivity index (χ0n) is 16.1. The van der Waals surface area contributed by atoms with Gasteiger partial charge in [0.2, 0.25) is 0 Å². The molecule has 1 N–H and O–H groups in total. The third-order valence-electron chi connectivity index (χ3n) is 5.30. The fraction of sp³-hybridized carbons (Fsp3) is 0.300. The molecule has 0 aliphatic heterocycles. The Hall–Kier alpha value is -3.27. The number of methoxy groups -OCH3 is 1. The molecule has 3 aromatic heterocycles. The van der Waals surface area contributed by atoms with Gasteiger partial charge in [0, 0.05) is 18.4 Å². The monoisotopic (exact) mass is 422 g/mol. The number of aromatic amines is 1. The van der Waals surface area contributed by atoms with Crippen molar-refractivity contribution in [3.63, 3.8) is 0 Å². The van der Waals surface area contributed by atoms with E-state index in [-0.39, 0.29) is 29.0 Å². The first-order valence-electron chi connectivity index (χ1n) is 9.51. The summed E-state index contributed by atoms with van der Waals surface area (Å²) in [5.74, 6) is 0.865. The molecule has 30 heavy (non-hydrogen) atoms. The number of esters is 1. The second kappa shape index (κ2) is 7.52. The van der Waals surface area contributed by atoms with Crippen LogP contribution >= 0.6 is 11.8 Å². The molecule has 1 aromatic carbocycles. The molecule has 0 spiro atoms. The Morgan fingerprint density at radius 2 is 2.03 bits per heavy atom. The molecule has 0 amide bonds. The van der Waals surface area contributed by atoms with Crippen LogP contribution in [0.4, 0.5) is 0 Å². The first-order valence-corrected chi connectivity index (χ1v) is 10.5. The van der Waals surface area contributed by atoms with Crippen molar-refractivity contribution in [1.29, 1.82) is 0 Å². The van der Waals surface area contributed by atoms with Gasteiger partial charge in [-0.05, 0) is 25.0 Å². The molecule has 0 unspecified atom stereocenters. The molecular weight excluding hydrogens is 404 g/mol. The standard InChI is InChI=1S/C20H18N6O3S/c1-29-19(28)11-8-12(9-11)26-18(27)16-17(22-7-6-21-16)25-20(26)30-10-15-23-13-4-2-3-5-14(13)24-15/h2-7,11-12H,8-10H2,1H3,(H,23,24)/t11-,12-. The highest BCUT2D eigenvalue weighted by molar-refractivity contribution is 7.98. The highest BCUT2D eigenvalue weighted by Crippen LogP contribution is 2.39. The van der Waals surface area contributed by atoms with Crippen LogP contribution in [-0.4, -0.2) is 42.6 Å². The highest BCUT2D eigenvalue weighted by atomic mass is 32.2. The fourth-order valence-corrected chi connectivity index (χ4v) is 4.62. The Balaban J connectivity index is 1.48. The van der Waals surface area contributed by atoms with Gasteiger partial charge in [-0.15, -0.1) is 0 Å². The van der Waals surface area contributed by atoms with Gasteiger partial charge in [-0.3, -0.25) is 14.2 Å². The molecule has 0 radical (unpaired) electrons. The Morgan fingerprint density at radius 1 is 1.23 bits per heavy atom. The van der Waals surface area contributed by atoms with Crippen molar-refractivity contribution in [2.75, 3.05) is 7.11 Å². The summed E-state index contributed by atoms with van der Waals surface area (Å²) in [5.41, 5.74) is 2.15. The normalized spacial score (nSPS) is 18.4. The van der Waals surface area contributed by atoms with E-state index in [9.17, 15) is 9.59 Å². The van der Waals surface area contributed by atoms with Gasteiger partial charge in [-0.25, -0.2) is 19.9 Å². The lowest BCUT2D eigenvalue weighted by Crippen LogP contribution is -2.39. The summed E-state index contributed by atoms with van der Waals surface area (Å²) in [7, 11) is 1.38. The van der Waals surface area contributed by atoms with Crippen LogP contribution in [0.3, 0.4) is 0 Å². The Kier molecular flexibility index (Phi) is 4.70. The predicted octanol–water partition coefficient (Wildman–Crippen LogP) is 2.48. The molecule has 1 aliphatic rings. The van der Waals surface area contributed by atoms with Crippen LogP contribution in [-0.2, 0) is 15.3 Å². The topological polar surface area (TPSA) is 116 Å². The van der Waals surface area contributed by atoms with Gasteiger partial charge in [-0.2, -0.15) is 0 Å². The zero-order valence-corrected chi connectivity index (χ0v) is 16.9. The molecule has 5 rings (SSSR count). The third-order valence-corrected chi connectivity index (χ3v) is 6.26. The van der Waals surface area contributed by atoms with E-state index in [0.29, 0.717) is 29.4 Å². The number of nitrogens with one attached hydrogen (secondary N) is 1. The Labute approximate surface area is 174 Å². The van der Waals surface area contributed by atoms with Gasteiger partial charge in [0.15, 0.2) is 16.3 Å². The van der Waals surface area contributed by atoms with E-state index in [2.05, 4.69) is 24.9 Å². The first-order chi connectivity index (χ1) is 14.6. The van der Waals surface area contributed by atoms with Crippen molar-refractivity contribution in [2.45, 2.75) is 29.8 Å². The molecule has 1 aliphatic carbocycles. The zero-order chi connectivity index (χ0) is 20.7. The predicted molar refractivity (Wildman–Crippen MR) is 111 cm³/mol. The molecule has 10 heteroatoms. The van der Waals surface area contributed by atoms with Crippen LogP contribution in [0.25, 0.3) is 22.2 Å². The number of fused-ring (bicyclic) bond motifs is 2. The van der Waals surface area contributed by atoms with Gasteiger partial charge in [0.1, 0.15) is 5.82 Å². The van der Waals surface area contributed by atoms with Crippen molar-refractivity contribution in [3.05, 3.63) is 52.8 Å². The number of H-pyrrole nitrogens is 1. The summed E-state index contributed by atoms with van der Waals surface area (Å²) in [6, 6.07) is 7.68. The molecule has 9 nitrogen and oxygen atoms in total. The van der Waals surface area contributed by atoms with E-state index in [1.165, 1.54) is 31.3 Å². The number of carbonyl (C=O) groups is 1. The SMILES string of the molecule is COC(=O)[C@H]1C[C@H](n2c(SCc3nc4ccccc4[nH]3)nc3nccnc3c2=O)C1. The minimum absolute atomic E-state index is 0.126. The maximum absolute atomic E-state index is 13.1. The molecule has 0 bridgehead atoms. The lowest BCUT2D eigenvalue weighted by molar-refractivity contribution is -0.149. The van der Waals surface area contributed by atoms with Crippen LogP contribution in [0.1, 0.15) is 24.7 Å². The number of carbonyl (C=O) groups excluding carboxylic acids is 1. The number of aromatic nitrogens is 6. The summed E-state index contributed by atoms with van der Waals surface area (Å²) in [6.07, 6.45) is 4.08. The Bertz CT molecular complexity index is 1280. The lowest BCUT2D eigenvalue weighted by Gasteiger charge is -2.35. The van der Waals surface area contributed by atoms with E-state index in [1.54, 1.807) is 4.57 Å². The number of hydrogen-bond acceptors (Lipinski definition) is 8. The number of nitrogens with zero attached hydrogens (tertiary/aromatic N) is 5. The van der Waals surface area contributed by atoms with Gasteiger partial charge < -0.3 is 9.72 Å². The quantitative estimate of drug-likeness (QED) is 0.296. The maximum Gasteiger partial charge on any atom is 0.308 e. The number of ether oxygens (including phenoxy) is 1. The fourth-order valence-electron chi connectivity index (χ4n) is 3.70. The van der Waals surface area contributed by atoms with Crippen molar-refractivity contribution in [2.24, 2.45) is 5.92 Å². The number of benzene rings is 1. The van der Waals surface area contributed by atoms with Crippen LogP contribution in [0.2, 0.25) is 0 Å². The highest BCUT2D eigenvalue weighted by Gasteiger charge is 2.38. The van der Waals surface area contributed by atoms with E-state index in [1.807, 2.05) is 24.3 Å². The molecular formula is C20H18N6O3S. The average Bonchev–Trinajstić information content (AvgIpc) is 3.15. The van der Waals surface area contributed by atoms with Gasteiger partial charge >= 0.3 is 5.97 Å². The number of imidazole rings is 1. The smallest absolute Gasteiger partial charge is 0.308 e. The van der Waals surface area contributed by atoms with Gasteiger partial charge in [-0.1, -0.05) is 23.9 Å². The number of para-hydroxylation sites is 2. The van der Waals surface area contributed by atoms with E-state index in [4.69, 9.17) is 4.74 Å². The molecule has 1 saturated carbocycles. The summed E-state index contributed by atoms with van der Waals surface area (Å²) >= 11 is 1.41. The average molecular weight is 422 g/mol. The van der Waals surface area contributed by atoms with Crippen molar-refractivity contribution in [1.82, 2.24) is 29.5 Å². The van der Waals surface area contributed by atoms with Crippen molar-refractivity contribution < 1.29 is 9.53 Å². The largest absolute Gasteiger partial charge is 0.469 e. The summed E-state index contributed by atoms with van der Waals surface area (Å²) < 4.78 is 6.46. The summed E-state index contributed by atoms with van der Waals surface area (Å²) in [5, 5.41) is 0.543. The van der Waals surface area contributed by atoms with E-state index < -0.39 is 0 Å². The molecule has 152 valence electrons. The molecule has 1 fully saturated rings. The second-order valence-corrected chi connectivity index (χ2v) is 8.08. The van der Waals surface area contributed by atoms with Crippen LogP contribution in [0.5, 0.6) is 0 Å². The maximum atomic E-state index is 13.1. The number of hydrogen-bond donors (Lipinski definition) is 1. The minimum atomic E-state index is -0.246. The van der Waals surface area contributed by atoms with Crippen LogP contribution in [0, 0.1) is 5.92 Å². The van der Waals surface area contributed by atoms with Crippen LogP contribution in [0.15, 0.2) is 46.6 Å². The van der Waals surface area contributed by atoms with Crippen LogP contribution < -0.4 is 5.56 Å². The molecule has 4 aromatic rings. The number of thioether (sulfide) groups is 1. The summed E-state index contributed by atoms with van der Waals surface area (Å²) in [4.78, 5) is 45.8. The minimum Gasteiger partial charge on any atom is -0.469 e. The number of rotatable bonds is 5. The van der Waals surface area contributed by atoms with Gasteiger partial charge in [0.05, 0.1) is 29.8 Å². The molecule has 0 atom stereocenters. The summed E-state index contributed by atoms with van der Waals surface area (Å²) in [6.45, 7) is 0. The second-order valence-electron chi connectivity index (χ2n) is 7.13. The first kappa shape index (κ1) is 18.7. The van der Waals surface area contributed by atoms with Crippen molar-refractivity contribution >= 4 is 39.9 Å². The molecule has 0 saturated heterocycles. The van der Waals surface area contributed by atoms with Crippen molar-refractivity contribution in [3.8, 4) is 0 Å². The molecule has 3 heterocycles. The van der Waals surface area contributed by atoms with E-state index in [0.717, 1.165) is 16.9 Å². The Morgan fingerprint density at radius 3 is 2.83 bits per heavy atom. The van der Waals surface area contributed by atoms with E-state index >= 15 is 0 Å².